The van der Waals surface area contributed by atoms with E-state index in [0.29, 0.717) is 18.3 Å². The van der Waals surface area contributed by atoms with Crippen LogP contribution < -0.4 is 4.74 Å². The molecule has 1 aliphatic heterocycles. The molecule has 122 valence electrons. The number of halogens is 1. The first-order valence-corrected chi connectivity index (χ1v) is 8.06. The summed E-state index contributed by atoms with van der Waals surface area (Å²) >= 11 is 0. The van der Waals surface area contributed by atoms with Gasteiger partial charge in [-0.1, -0.05) is 12.1 Å². The first-order valence-electron chi connectivity index (χ1n) is 8.06. The predicted octanol–water partition coefficient (Wildman–Crippen LogP) is 3.38. The lowest BCUT2D eigenvalue weighted by Crippen LogP contribution is -2.47. The van der Waals surface area contributed by atoms with E-state index in [9.17, 15) is 9.18 Å². The molecular formula is C17H25FN2O2. The number of carbonyl (C=O) groups excluding carboxylic acids is 1. The van der Waals surface area contributed by atoms with Crippen molar-refractivity contribution in [2.75, 3.05) is 32.8 Å². The number of carbonyl (C=O) groups is 1. The number of nitrogens with zero attached hydrogens (tertiary/aromatic N) is 2. The van der Waals surface area contributed by atoms with Gasteiger partial charge in [0, 0.05) is 26.2 Å². The number of likely N-dealkylation sites (tertiary alicyclic amines) is 1. The maximum atomic E-state index is 13.5. The molecule has 22 heavy (non-hydrogen) atoms. The first kappa shape index (κ1) is 16.6. The highest BCUT2D eigenvalue weighted by Crippen LogP contribution is 2.21. The van der Waals surface area contributed by atoms with Crippen LogP contribution >= 0.6 is 0 Å². The molecule has 1 fully saturated rings. The van der Waals surface area contributed by atoms with Gasteiger partial charge in [0.15, 0.2) is 11.6 Å². The summed E-state index contributed by atoms with van der Waals surface area (Å²) in [6, 6.07) is 6.59. The summed E-state index contributed by atoms with van der Waals surface area (Å²) in [5.41, 5.74) is 0. The van der Waals surface area contributed by atoms with Crippen molar-refractivity contribution in [3.8, 4) is 5.75 Å². The highest BCUT2D eigenvalue weighted by molar-refractivity contribution is 5.74. The Hall–Kier alpha value is -1.78. The molecule has 0 saturated carbocycles. The molecule has 0 atom stereocenters. The molecule has 0 N–H and O–H groups in total. The van der Waals surface area contributed by atoms with E-state index >= 15 is 0 Å². The quantitative estimate of drug-likeness (QED) is 0.835. The zero-order chi connectivity index (χ0) is 15.9. The Balaban J connectivity index is 1.78. The molecule has 1 heterocycles. The van der Waals surface area contributed by atoms with Gasteiger partial charge in [0.2, 0.25) is 0 Å². The van der Waals surface area contributed by atoms with Crippen LogP contribution in [0.15, 0.2) is 24.3 Å². The topological polar surface area (TPSA) is 32.8 Å². The molecule has 4 nitrogen and oxygen atoms in total. The van der Waals surface area contributed by atoms with Crippen LogP contribution in [0.25, 0.3) is 0 Å². The fourth-order valence-corrected chi connectivity index (χ4v) is 2.75. The first-order chi connectivity index (χ1) is 10.7. The number of ether oxygens (including phenoxy) is 1. The van der Waals surface area contributed by atoms with Crippen LogP contribution in [0, 0.1) is 11.7 Å². The summed E-state index contributed by atoms with van der Waals surface area (Å²) in [6.07, 6.45) is 1.81. The molecule has 1 aromatic rings. The summed E-state index contributed by atoms with van der Waals surface area (Å²) in [6.45, 7) is 7.49. The Morgan fingerprint density at radius 3 is 2.50 bits per heavy atom. The summed E-state index contributed by atoms with van der Waals surface area (Å²) in [5.74, 6) is 0.362. The number of piperidine rings is 1. The average molecular weight is 308 g/mol. The summed E-state index contributed by atoms with van der Waals surface area (Å²) in [4.78, 5) is 16.0. The highest BCUT2D eigenvalue weighted by atomic mass is 19.1. The fourth-order valence-electron chi connectivity index (χ4n) is 2.75. The van der Waals surface area contributed by atoms with E-state index in [-0.39, 0.29) is 11.8 Å². The van der Waals surface area contributed by atoms with E-state index in [1.807, 2.05) is 23.6 Å². The van der Waals surface area contributed by atoms with Crippen molar-refractivity contribution in [1.29, 1.82) is 0 Å². The van der Waals surface area contributed by atoms with Crippen LogP contribution in [0.4, 0.5) is 9.18 Å². The second-order valence-electron chi connectivity index (χ2n) is 5.63. The number of para-hydroxylation sites is 1. The Labute approximate surface area is 131 Å². The third-order valence-electron chi connectivity index (χ3n) is 4.23. The smallest absolute Gasteiger partial charge is 0.319 e. The maximum absolute atomic E-state index is 13.5. The van der Waals surface area contributed by atoms with E-state index in [4.69, 9.17) is 4.74 Å². The molecule has 0 aromatic heterocycles. The summed E-state index contributed by atoms with van der Waals surface area (Å²) < 4.78 is 19.1. The zero-order valence-electron chi connectivity index (χ0n) is 13.4. The van der Waals surface area contributed by atoms with Gasteiger partial charge in [0.25, 0.3) is 0 Å². The van der Waals surface area contributed by atoms with Gasteiger partial charge in [0.1, 0.15) is 0 Å². The number of hydrogen-bond acceptors (Lipinski definition) is 2. The average Bonchev–Trinajstić information content (AvgIpc) is 2.55. The van der Waals surface area contributed by atoms with Gasteiger partial charge in [-0.05, 0) is 44.7 Å². The largest absolute Gasteiger partial charge is 0.490 e. The van der Waals surface area contributed by atoms with Gasteiger partial charge in [-0.15, -0.1) is 0 Å². The molecule has 0 aliphatic carbocycles. The summed E-state index contributed by atoms with van der Waals surface area (Å²) in [5, 5.41) is 0. The summed E-state index contributed by atoms with van der Waals surface area (Å²) in [7, 11) is 0. The van der Waals surface area contributed by atoms with Gasteiger partial charge in [-0.3, -0.25) is 0 Å². The lowest BCUT2D eigenvalue weighted by molar-refractivity contribution is 0.120. The molecule has 0 radical (unpaired) electrons. The van der Waals surface area contributed by atoms with Crippen LogP contribution in [0.1, 0.15) is 26.7 Å². The predicted molar refractivity (Wildman–Crippen MR) is 84.5 cm³/mol. The van der Waals surface area contributed by atoms with Crippen molar-refractivity contribution in [3.05, 3.63) is 30.1 Å². The normalized spacial score (nSPS) is 15.7. The molecule has 1 saturated heterocycles. The monoisotopic (exact) mass is 308 g/mol. The Kier molecular flexibility index (Phi) is 6.04. The van der Waals surface area contributed by atoms with E-state index in [0.717, 1.165) is 39.0 Å². The fraction of sp³-hybridized carbons (Fsp3) is 0.588. The van der Waals surface area contributed by atoms with Crippen molar-refractivity contribution in [2.24, 2.45) is 5.92 Å². The minimum Gasteiger partial charge on any atom is -0.490 e. The van der Waals surface area contributed by atoms with Gasteiger partial charge in [-0.2, -0.15) is 0 Å². The Morgan fingerprint density at radius 1 is 1.27 bits per heavy atom. The van der Waals surface area contributed by atoms with Crippen molar-refractivity contribution in [3.63, 3.8) is 0 Å². The van der Waals surface area contributed by atoms with Gasteiger partial charge in [0.05, 0.1) is 6.61 Å². The lowest BCUT2D eigenvalue weighted by atomic mass is 9.98. The zero-order valence-corrected chi connectivity index (χ0v) is 13.4. The van der Waals surface area contributed by atoms with Crippen molar-refractivity contribution >= 4 is 6.03 Å². The molecular weight excluding hydrogens is 283 g/mol. The van der Waals surface area contributed by atoms with Crippen molar-refractivity contribution in [1.82, 2.24) is 9.80 Å². The highest BCUT2D eigenvalue weighted by Gasteiger charge is 2.25. The number of benzene rings is 1. The molecule has 1 aromatic carbocycles. The van der Waals surface area contributed by atoms with E-state index in [2.05, 4.69) is 0 Å². The van der Waals surface area contributed by atoms with E-state index < -0.39 is 0 Å². The minimum absolute atomic E-state index is 0.124. The van der Waals surface area contributed by atoms with Crippen LogP contribution in [0.5, 0.6) is 5.75 Å². The Morgan fingerprint density at radius 2 is 1.91 bits per heavy atom. The molecule has 5 heteroatoms. The molecule has 2 rings (SSSR count). The number of hydrogen-bond donors (Lipinski definition) is 0. The minimum atomic E-state index is -0.323. The maximum Gasteiger partial charge on any atom is 0.319 e. The molecule has 0 unspecified atom stereocenters. The third-order valence-corrected chi connectivity index (χ3v) is 4.23. The van der Waals surface area contributed by atoms with Crippen molar-refractivity contribution in [2.45, 2.75) is 26.7 Å². The SMILES string of the molecule is CCN(CC)C(=O)N1CCC(COc2ccccc2F)CC1. The van der Waals surface area contributed by atoms with Crippen molar-refractivity contribution < 1.29 is 13.9 Å². The molecule has 0 spiro atoms. The number of urea groups is 1. The second kappa shape index (κ2) is 8.01. The van der Waals surface area contributed by atoms with Gasteiger partial charge in [-0.25, -0.2) is 9.18 Å². The molecule has 0 bridgehead atoms. The van der Waals surface area contributed by atoms with Crippen LogP contribution in [-0.4, -0.2) is 48.6 Å². The lowest BCUT2D eigenvalue weighted by Gasteiger charge is -2.35. The van der Waals surface area contributed by atoms with Gasteiger partial charge < -0.3 is 14.5 Å². The number of amides is 2. The van der Waals surface area contributed by atoms with E-state index in [1.165, 1.54) is 6.07 Å². The number of rotatable bonds is 5. The van der Waals surface area contributed by atoms with Gasteiger partial charge >= 0.3 is 6.03 Å². The molecule has 1 aliphatic rings. The standard InChI is InChI=1S/C17H25FN2O2/c1-3-19(4-2)17(21)20-11-9-14(10-12-20)13-22-16-8-6-5-7-15(16)18/h5-8,14H,3-4,9-13H2,1-2H3. The van der Waals surface area contributed by atoms with Crippen LogP contribution in [0.3, 0.4) is 0 Å². The van der Waals surface area contributed by atoms with Crippen LogP contribution in [0.2, 0.25) is 0 Å². The Bertz CT molecular complexity index is 483. The molecule has 2 amide bonds. The second-order valence-corrected chi connectivity index (χ2v) is 5.63. The van der Waals surface area contributed by atoms with Crippen LogP contribution in [-0.2, 0) is 0 Å². The third kappa shape index (κ3) is 4.12. The van der Waals surface area contributed by atoms with E-state index in [1.54, 1.807) is 18.2 Å².